The second kappa shape index (κ2) is 8.39. The highest BCUT2D eigenvalue weighted by molar-refractivity contribution is 7.22. The van der Waals surface area contributed by atoms with Crippen LogP contribution in [-0.2, 0) is 11.0 Å². The van der Waals surface area contributed by atoms with Crippen LogP contribution in [0.2, 0.25) is 0 Å². The maximum atomic E-state index is 13.7. The Balaban J connectivity index is 1.82. The maximum absolute atomic E-state index is 13.7. The smallest absolute Gasteiger partial charge is 0.417 e. The van der Waals surface area contributed by atoms with E-state index in [2.05, 4.69) is 0 Å². The number of ether oxygens (including phenoxy) is 1. The molecule has 0 bridgehead atoms. The molecule has 0 unspecified atom stereocenters. The number of halogens is 3. The molecule has 0 radical (unpaired) electrons. The fourth-order valence-corrected chi connectivity index (χ4v) is 4.40. The van der Waals surface area contributed by atoms with Crippen LogP contribution in [0.25, 0.3) is 26.6 Å². The molecule has 2 N–H and O–H groups in total. The van der Waals surface area contributed by atoms with Crippen molar-refractivity contribution in [1.82, 2.24) is 0 Å². The number of thiophene rings is 1. The van der Waals surface area contributed by atoms with E-state index in [4.69, 9.17) is 9.84 Å². The Morgan fingerprint density at radius 3 is 2.41 bits per heavy atom. The standard InChI is InChI=1S/C24H15F3O4S/c25-24(26,27)19-4-2-1-3-17(19)23-22(18-11-8-15(28)13-20(18)32-23)31-16-9-5-14(6-10-16)7-12-21(29)30/h1-13,28H,(H,29,30)/b12-7+. The van der Waals surface area contributed by atoms with Gasteiger partial charge in [-0.05, 0) is 48.0 Å². The van der Waals surface area contributed by atoms with E-state index in [0.29, 0.717) is 21.4 Å². The van der Waals surface area contributed by atoms with Crippen molar-refractivity contribution in [3.8, 4) is 27.7 Å². The van der Waals surface area contributed by atoms with Crippen molar-refractivity contribution in [3.05, 3.63) is 83.9 Å². The predicted molar refractivity (Wildman–Crippen MR) is 117 cm³/mol. The molecule has 4 aromatic rings. The third-order valence-corrected chi connectivity index (χ3v) is 5.79. The Bertz CT molecular complexity index is 1320. The van der Waals surface area contributed by atoms with E-state index in [1.54, 1.807) is 30.3 Å². The number of carboxylic acids is 1. The van der Waals surface area contributed by atoms with Crippen LogP contribution < -0.4 is 4.74 Å². The summed E-state index contributed by atoms with van der Waals surface area (Å²) < 4.78 is 47.6. The number of carbonyl (C=O) groups is 1. The number of aliphatic carboxylic acids is 1. The number of phenolic OH excluding ortho intramolecular Hbond substituents is 1. The van der Waals surface area contributed by atoms with Gasteiger partial charge in [-0.15, -0.1) is 11.3 Å². The number of alkyl halides is 3. The molecule has 0 aliphatic rings. The second-order valence-corrected chi connectivity index (χ2v) is 7.88. The summed E-state index contributed by atoms with van der Waals surface area (Å²) in [4.78, 5) is 10.9. The third-order valence-electron chi connectivity index (χ3n) is 4.62. The van der Waals surface area contributed by atoms with Crippen LogP contribution in [0.3, 0.4) is 0 Å². The second-order valence-electron chi connectivity index (χ2n) is 6.83. The van der Waals surface area contributed by atoms with Crippen molar-refractivity contribution >= 4 is 33.5 Å². The zero-order chi connectivity index (χ0) is 22.9. The topological polar surface area (TPSA) is 66.8 Å². The highest BCUT2D eigenvalue weighted by atomic mass is 32.1. The van der Waals surface area contributed by atoms with E-state index in [1.165, 1.54) is 36.4 Å². The van der Waals surface area contributed by atoms with E-state index in [0.717, 1.165) is 23.5 Å². The molecule has 0 aliphatic carbocycles. The van der Waals surface area contributed by atoms with Crippen LogP contribution in [-0.4, -0.2) is 16.2 Å². The number of phenols is 1. The van der Waals surface area contributed by atoms with Gasteiger partial charge in [-0.1, -0.05) is 30.3 Å². The van der Waals surface area contributed by atoms with E-state index in [9.17, 15) is 23.1 Å². The van der Waals surface area contributed by atoms with Gasteiger partial charge < -0.3 is 14.9 Å². The largest absolute Gasteiger partial charge is 0.508 e. The minimum Gasteiger partial charge on any atom is -0.508 e. The number of rotatable bonds is 5. The average Bonchev–Trinajstić information content (AvgIpc) is 3.09. The number of benzene rings is 3. The highest BCUT2D eigenvalue weighted by Gasteiger charge is 2.34. The summed E-state index contributed by atoms with van der Waals surface area (Å²) in [6, 6.07) is 16.3. The average molecular weight is 456 g/mol. The van der Waals surface area contributed by atoms with Crippen molar-refractivity contribution in [1.29, 1.82) is 0 Å². The van der Waals surface area contributed by atoms with Crippen molar-refractivity contribution in [2.45, 2.75) is 6.18 Å². The van der Waals surface area contributed by atoms with Crippen molar-refractivity contribution < 1.29 is 32.9 Å². The summed E-state index contributed by atoms with van der Waals surface area (Å²) in [7, 11) is 0. The SMILES string of the molecule is O=C(O)/C=C/c1ccc(Oc2c(-c3ccccc3C(F)(F)F)sc3cc(O)ccc23)cc1. The fraction of sp³-hybridized carbons (Fsp3) is 0.0417. The first kappa shape index (κ1) is 21.5. The van der Waals surface area contributed by atoms with Crippen LogP contribution in [0.5, 0.6) is 17.2 Å². The molecule has 162 valence electrons. The fourth-order valence-electron chi connectivity index (χ4n) is 3.20. The van der Waals surface area contributed by atoms with Crippen molar-refractivity contribution in [2.75, 3.05) is 0 Å². The molecule has 4 nitrogen and oxygen atoms in total. The molecule has 3 aromatic carbocycles. The van der Waals surface area contributed by atoms with E-state index in [1.807, 2.05) is 0 Å². The van der Waals surface area contributed by atoms with Gasteiger partial charge in [0.2, 0.25) is 0 Å². The summed E-state index contributed by atoms with van der Waals surface area (Å²) >= 11 is 1.09. The lowest BCUT2D eigenvalue weighted by molar-refractivity contribution is -0.137. The molecular formula is C24H15F3O4S. The quantitative estimate of drug-likeness (QED) is 0.312. The molecule has 0 spiro atoms. The minimum absolute atomic E-state index is 0.00414. The molecule has 4 rings (SSSR count). The van der Waals surface area contributed by atoms with Crippen LogP contribution in [0.1, 0.15) is 11.1 Å². The first-order valence-corrected chi connectivity index (χ1v) is 10.1. The molecule has 0 aliphatic heterocycles. The number of hydrogen-bond donors (Lipinski definition) is 2. The summed E-state index contributed by atoms with van der Waals surface area (Å²) in [6.07, 6.45) is -2.13. The Kier molecular flexibility index (Phi) is 5.63. The Morgan fingerprint density at radius 2 is 1.72 bits per heavy atom. The van der Waals surface area contributed by atoms with E-state index in [-0.39, 0.29) is 21.9 Å². The van der Waals surface area contributed by atoms with Gasteiger partial charge in [0.05, 0.1) is 10.4 Å². The normalized spacial score (nSPS) is 11.8. The van der Waals surface area contributed by atoms with Gasteiger partial charge in [0.15, 0.2) is 5.75 Å². The Morgan fingerprint density at radius 1 is 1.00 bits per heavy atom. The summed E-state index contributed by atoms with van der Waals surface area (Å²) in [5.41, 5.74) is -0.172. The van der Waals surface area contributed by atoms with Gasteiger partial charge >= 0.3 is 12.1 Å². The van der Waals surface area contributed by atoms with E-state index >= 15 is 0 Å². The molecule has 0 saturated carbocycles. The molecule has 1 aromatic heterocycles. The van der Waals surface area contributed by atoms with Gasteiger partial charge in [-0.25, -0.2) is 4.79 Å². The summed E-state index contributed by atoms with van der Waals surface area (Å²) in [6.45, 7) is 0. The molecule has 1 heterocycles. The molecular weight excluding hydrogens is 441 g/mol. The van der Waals surface area contributed by atoms with Crippen LogP contribution in [0.15, 0.2) is 72.8 Å². The monoisotopic (exact) mass is 456 g/mol. The lowest BCUT2D eigenvalue weighted by atomic mass is 10.0. The van der Waals surface area contributed by atoms with Crippen molar-refractivity contribution in [2.24, 2.45) is 0 Å². The van der Waals surface area contributed by atoms with Crippen LogP contribution in [0.4, 0.5) is 13.2 Å². The minimum atomic E-state index is -4.55. The zero-order valence-corrected chi connectivity index (χ0v) is 17.1. The third kappa shape index (κ3) is 4.45. The van der Waals surface area contributed by atoms with Crippen LogP contribution in [0, 0.1) is 0 Å². The Hall–Kier alpha value is -3.78. The predicted octanol–water partition coefficient (Wildman–Crippen LogP) is 7.18. The number of aromatic hydroxyl groups is 1. The van der Waals surface area contributed by atoms with Gasteiger partial charge in [0.1, 0.15) is 11.5 Å². The Labute approximate surface area is 184 Å². The van der Waals surface area contributed by atoms with Gasteiger partial charge in [0, 0.05) is 21.7 Å². The molecule has 0 fully saturated rings. The van der Waals surface area contributed by atoms with Gasteiger partial charge in [-0.3, -0.25) is 0 Å². The van der Waals surface area contributed by atoms with Crippen molar-refractivity contribution in [3.63, 3.8) is 0 Å². The lowest BCUT2D eigenvalue weighted by Gasteiger charge is -2.13. The molecule has 0 atom stereocenters. The summed E-state index contributed by atoms with van der Waals surface area (Å²) in [5, 5.41) is 19.1. The van der Waals surface area contributed by atoms with Crippen LogP contribution >= 0.6 is 11.3 Å². The first-order valence-electron chi connectivity index (χ1n) is 9.33. The van der Waals surface area contributed by atoms with E-state index < -0.39 is 17.7 Å². The number of carboxylic acid groups (broad SMARTS) is 1. The van der Waals surface area contributed by atoms with Gasteiger partial charge in [0.25, 0.3) is 0 Å². The highest BCUT2D eigenvalue weighted by Crippen LogP contribution is 2.50. The number of hydrogen-bond acceptors (Lipinski definition) is 4. The molecule has 0 amide bonds. The van der Waals surface area contributed by atoms with Gasteiger partial charge in [-0.2, -0.15) is 13.2 Å². The molecule has 0 saturated heterocycles. The number of fused-ring (bicyclic) bond motifs is 1. The lowest BCUT2D eigenvalue weighted by Crippen LogP contribution is -2.06. The zero-order valence-electron chi connectivity index (χ0n) is 16.3. The maximum Gasteiger partial charge on any atom is 0.417 e. The summed E-state index contributed by atoms with van der Waals surface area (Å²) in [5.74, 6) is -0.465. The molecule has 32 heavy (non-hydrogen) atoms. The first-order chi connectivity index (χ1) is 15.2. The molecule has 8 heteroatoms.